The standard InChI is InChI=1S/C16H26N4O/c1-4-20-8-7-19(10-13(20)3)11-16(21)18-15-6-5-14(17)9-12(15)2/h5-6,9,13H,4,7-8,10-11,17H2,1-3H3,(H,18,21). The van der Waals surface area contributed by atoms with Crippen LogP contribution in [0.25, 0.3) is 0 Å². The molecule has 0 bridgehead atoms. The van der Waals surface area contributed by atoms with E-state index in [1.165, 1.54) is 0 Å². The fourth-order valence-electron chi connectivity index (χ4n) is 2.90. The van der Waals surface area contributed by atoms with Gasteiger partial charge in [-0.15, -0.1) is 0 Å². The third kappa shape index (κ3) is 4.19. The van der Waals surface area contributed by atoms with Crippen molar-refractivity contribution in [1.29, 1.82) is 0 Å². The molecule has 1 heterocycles. The van der Waals surface area contributed by atoms with Gasteiger partial charge in [-0.25, -0.2) is 0 Å². The van der Waals surface area contributed by atoms with E-state index in [1.54, 1.807) is 0 Å². The smallest absolute Gasteiger partial charge is 0.238 e. The molecule has 1 aliphatic heterocycles. The summed E-state index contributed by atoms with van der Waals surface area (Å²) in [5, 5.41) is 2.97. The Bertz CT molecular complexity index is 503. The number of anilines is 2. The van der Waals surface area contributed by atoms with E-state index in [2.05, 4.69) is 29.0 Å². The largest absolute Gasteiger partial charge is 0.399 e. The summed E-state index contributed by atoms with van der Waals surface area (Å²) in [4.78, 5) is 16.8. The van der Waals surface area contributed by atoms with Crippen LogP contribution in [0.4, 0.5) is 11.4 Å². The van der Waals surface area contributed by atoms with Gasteiger partial charge in [0.25, 0.3) is 0 Å². The zero-order valence-corrected chi connectivity index (χ0v) is 13.2. The summed E-state index contributed by atoms with van der Waals surface area (Å²) < 4.78 is 0. The predicted octanol–water partition coefficient (Wildman–Crippen LogP) is 1.54. The van der Waals surface area contributed by atoms with E-state index >= 15 is 0 Å². The van der Waals surface area contributed by atoms with Crippen LogP contribution in [-0.2, 0) is 4.79 Å². The second-order valence-corrected chi connectivity index (χ2v) is 5.84. The molecule has 5 nitrogen and oxygen atoms in total. The van der Waals surface area contributed by atoms with Crippen LogP contribution >= 0.6 is 0 Å². The molecule has 1 atom stereocenters. The molecular formula is C16H26N4O. The maximum Gasteiger partial charge on any atom is 0.238 e. The topological polar surface area (TPSA) is 61.6 Å². The van der Waals surface area contributed by atoms with Gasteiger partial charge in [0.05, 0.1) is 6.54 Å². The normalized spacial score (nSPS) is 20.4. The van der Waals surface area contributed by atoms with Crippen LogP contribution in [0.5, 0.6) is 0 Å². The van der Waals surface area contributed by atoms with Gasteiger partial charge >= 0.3 is 0 Å². The van der Waals surface area contributed by atoms with Gasteiger partial charge in [-0.1, -0.05) is 6.92 Å². The molecule has 1 saturated heterocycles. The van der Waals surface area contributed by atoms with Crippen LogP contribution in [0.15, 0.2) is 18.2 Å². The van der Waals surface area contributed by atoms with Gasteiger partial charge in [-0.3, -0.25) is 14.6 Å². The van der Waals surface area contributed by atoms with Crippen molar-refractivity contribution in [1.82, 2.24) is 9.80 Å². The van der Waals surface area contributed by atoms with Gasteiger partial charge in [0.1, 0.15) is 0 Å². The molecule has 21 heavy (non-hydrogen) atoms. The van der Waals surface area contributed by atoms with E-state index in [9.17, 15) is 4.79 Å². The molecule has 0 saturated carbocycles. The number of piperazine rings is 1. The number of hydrogen-bond acceptors (Lipinski definition) is 4. The Balaban J connectivity index is 1.87. The molecule has 1 aromatic carbocycles. The zero-order valence-electron chi connectivity index (χ0n) is 13.2. The van der Waals surface area contributed by atoms with Crippen molar-refractivity contribution in [3.8, 4) is 0 Å². The number of nitrogens with one attached hydrogen (secondary N) is 1. The number of carbonyl (C=O) groups excluding carboxylic acids is 1. The monoisotopic (exact) mass is 290 g/mol. The Morgan fingerprint density at radius 3 is 2.81 bits per heavy atom. The van der Waals surface area contributed by atoms with Crippen molar-refractivity contribution in [3.05, 3.63) is 23.8 Å². The number of benzene rings is 1. The molecule has 1 aliphatic rings. The lowest BCUT2D eigenvalue weighted by atomic mass is 10.1. The van der Waals surface area contributed by atoms with Crippen LogP contribution in [0.3, 0.4) is 0 Å². The minimum atomic E-state index is 0.0417. The summed E-state index contributed by atoms with van der Waals surface area (Å²) in [6.45, 7) is 10.8. The fraction of sp³-hybridized carbons (Fsp3) is 0.562. The number of nitrogens with zero attached hydrogens (tertiary/aromatic N) is 2. The van der Waals surface area contributed by atoms with Crippen LogP contribution in [0.1, 0.15) is 19.4 Å². The van der Waals surface area contributed by atoms with Gasteiger partial charge < -0.3 is 11.1 Å². The van der Waals surface area contributed by atoms with Crippen LogP contribution in [0.2, 0.25) is 0 Å². The summed E-state index contributed by atoms with van der Waals surface area (Å²) in [6, 6.07) is 6.05. The number of rotatable bonds is 4. The summed E-state index contributed by atoms with van der Waals surface area (Å²) >= 11 is 0. The number of amides is 1. The Morgan fingerprint density at radius 1 is 1.43 bits per heavy atom. The van der Waals surface area contributed by atoms with Crippen LogP contribution in [-0.4, -0.2) is 54.5 Å². The van der Waals surface area contributed by atoms with Crippen molar-refractivity contribution in [2.45, 2.75) is 26.8 Å². The lowest BCUT2D eigenvalue weighted by Crippen LogP contribution is -2.53. The van der Waals surface area contributed by atoms with Crippen molar-refractivity contribution in [2.24, 2.45) is 0 Å². The Hall–Kier alpha value is -1.59. The first-order valence-corrected chi connectivity index (χ1v) is 7.62. The molecule has 0 aliphatic carbocycles. The molecule has 5 heteroatoms. The maximum atomic E-state index is 12.2. The first kappa shape index (κ1) is 15.8. The summed E-state index contributed by atoms with van der Waals surface area (Å²) in [7, 11) is 0. The van der Waals surface area contributed by atoms with Crippen LogP contribution in [0, 0.1) is 6.92 Å². The minimum absolute atomic E-state index is 0.0417. The zero-order chi connectivity index (χ0) is 15.4. The fourth-order valence-corrected chi connectivity index (χ4v) is 2.90. The Kier molecular flexibility index (Phi) is 5.20. The molecule has 0 aromatic heterocycles. The van der Waals surface area contributed by atoms with Crippen molar-refractivity contribution in [3.63, 3.8) is 0 Å². The average molecular weight is 290 g/mol. The van der Waals surface area contributed by atoms with Gasteiger partial charge in [-0.05, 0) is 44.2 Å². The molecule has 1 fully saturated rings. The second-order valence-electron chi connectivity index (χ2n) is 5.84. The van der Waals surface area contributed by atoms with Gasteiger partial charge in [0.15, 0.2) is 0 Å². The molecule has 116 valence electrons. The minimum Gasteiger partial charge on any atom is -0.399 e. The molecule has 1 amide bonds. The highest BCUT2D eigenvalue weighted by Crippen LogP contribution is 2.17. The molecule has 0 spiro atoms. The predicted molar refractivity (Wildman–Crippen MR) is 87.4 cm³/mol. The molecule has 3 N–H and O–H groups in total. The number of nitrogens with two attached hydrogens (primary N) is 1. The molecule has 2 rings (SSSR count). The highest BCUT2D eigenvalue weighted by atomic mass is 16.2. The van der Waals surface area contributed by atoms with Crippen molar-refractivity contribution >= 4 is 17.3 Å². The number of aryl methyl sites for hydroxylation is 1. The second kappa shape index (κ2) is 6.91. The Morgan fingerprint density at radius 2 is 2.19 bits per heavy atom. The van der Waals surface area contributed by atoms with Gasteiger partial charge in [-0.2, -0.15) is 0 Å². The number of likely N-dealkylation sites (N-methyl/N-ethyl adjacent to an activating group) is 1. The lowest BCUT2D eigenvalue weighted by Gasteiger charge is -2.38. The van der Waals surface area contributed by atoms with Crippen molar-refractivity contribution in [2.75, 3.05) is 43.8 Å². The van der Waals surface area contributed by atoms with Crippen LogP contribution < -0.4 is 11.1 Å². The molecule has 0 radical (unpaired) electrons. The average Bonchev–Trinajstić information content (AvgIpc) is 2.42. The maximum absolute atomic E-state index is 12.2. The quantitative estimate of drug-likeness (QED) is 0.826. The SMILES string of the molecule is CCN1CCN(CC(=O)Nc2ccc(N)cc2C)CC1C. The third-order valence-corrected chi connectivity index (χ3v) is 4.15. The summed E-state index contributed by atoms with van der Waals surface area (Å²) in [6.07, 6.45) is 0. The van der Waals surface area contributed by atoms with E-state index in [0.717, 1.165) is 43.1 Å². The summed E-state index contributed by atoms with van der Waals surface area (Å²) in [5.74, 6) is 0.0417. The Labute approximate surface area is 127 Å². The third-order valence-electron chi connectivity index (χ3n) is 4.15. The van der Waals surface area contributed by atoms with Crippen molar-refractivity contribution < 1.29 is 4.79 Å². The van der Waals surface area contributed by atoms with E-state index < -0.39 is 0 Å². The molecule has 1 aromatic rings. The summed E-state index contributed by atoms with van der Waals surface area (Å²) in [5.41, 5.74) is 8.28. The van der Waals surface area contributed by atoms with E-state index in [0.29, 0.717) is 12.6 Å². The van der Waals surface area contributed by atoms with E-state index in [4.69, 9.17) is 5.73 Å². The first-order valence-electron chi connectivity index (χ1n) is 7.62. The number of nitrogen functional groups attached to an aromatic ring is 1. The lowest BCUT2D eigenvalue weighted by molar-refractivity contribution is -0.118. The van der Waals surface area contributed by atoms with Gasteiger partial charge in [0, 0.05) is 37.1 Å². The van der Waals surface area contributed by atoms with E-state index in [1.807, 2.05) is 25.1 Å². The highest BCUT2D eigenvalue weighted by molar-refractivity contribution is 5.93. The number of hydrogen-bond donors (Lipinski definition) is 2. The van der Waals surface area contributed by atoms with Gasteiger partial charge in [0.2, 0.25) is 5.91 Å². The molecule has 1 unspecified atom stereocenters. The highest BCUT2D eigenvalue weighted by Gasteiger charge is 2.23. The molecular weight excluding hydrogens is 264 g/mol. The first-order chi connectivity index (χ1) is 9.99. The van der Waals surface area contributed by atoms with E-state index in [-0.39, 0.29) is 5.91 Å². The number of carbonyl (C=O) groups is 1.